The van der Waals surface area contributed by atoms with Crippen LogP contribution in [0.5, 0.6) is 11.5 Å². The van der Waals surface area contributed by atoms with Gasteiger partial charge < -0.3 is 14.8 Å². The van der Waals surface area contributed by atoms with Gasteiger partial charge in [-0.05, 0) is 55.7 Å². The van der Waals surface area contributed by atoms with Crippen LogP contribution in [-0.4, -0.2) is 52.8 Å². The number of rotatable bonds is 9. The summed E-state index contributed by atoms with van der Waals surface area (Å²) < 4.78 is 10.7. The molecule has 3 aromatic rings. The highest BCUT2D eigenvalue weighted by Gasteiger charge is 2.38. The molecule has 2 aromatic carbocycles. The quantitative estimate of drug-likeness (QED) is 0.383. The molecule has 0 bridgehead atoms. The average molecular weight is 518 g/mol. The Kier molecular flexibility index (Phi) is 8.10. The van der Waals surface area contributed by atoms with E-state index < -0.39 is 18.3 Å². The first kappa shape index (κ1) is 26.5. The lowest BCUT2D eigenvalue weighted by Gasteiger charge is -2.41. The summed E-state index contributed by atoms with van der Waals surface area (Å²) in [5, 5.41) is 6.17. The van der Waals surface area contributed by atoms with Gasteiger partial charge in [-0.15, -0.1) is 0 Å². The van der Waals surface area contributed by atoms with E-state index in [9.17, 15) is 14.4 Å². The van der Waals surface area contributed by atoms with Crippen molar-refractivity contribution in [3.05, 3.63) is 83.2 Å². The topological polar surface area (TPSA) is 113 Å². The second kappa shape index (κ2) is 11.6. The van der Waals surface area contributed by atoms with Crippen LogP contribution in [0.2, 0.25) is 0 Å². The first-order valence-corrected chi connectivity index (χ1v) is 12.3. The third-order valence-corrected chi connectivity index (χ3v) is 6.05. The lowest BCUT2D eigenvalue weighted by molar-refractivity contribution is 0.0599. The molecule has 1 aliphatic heterocycles. The Hall–Kier alpha value is -4.60. The van der Waals surface area contributed by atoms with Gasteiger partial charge in [0.2, 0.25) is 0 Å². The summed E-state index contributed by atoms with van der Waals surface area (Å²) in [6.45, 7) is 6.45. The predicted molar refractivity (Wildman–Crippen MR) is 142 cm³/mol. The number of esters is 1. The number of methoxy groups -OCH3 is 1. The zero-order valence-corrected chi connectivity index (χ0v) is 21.9. The van der Waals surface area contributed by atoms with E-state index in [1.807, 2.05) is 51.1 Å². The van der Waals surface area contributed by atoms with Gasteiger partial charge in [-0.3, -0.25) is 15.2 Å². The van der Waals surface area contributed by atoms with Gasteiger partial charge in [0.1, 0.15) is 11.5 Å². The van der Waals surface area contributed by atoms with Gasteiger partial charge in [0.05, 0.1) is 25.4 Å². The Labute approximate surface area is 221 Å². The number of hydrogen-bond acceptors (Lipinski definition) is 7. The van der Waals surface area contributed by atoms with Crippen molar-refractivity contribution in [2.24, 2.45) is 0 Å². The standard InChI is InChI=1S/C28H31N5O5/c1-5-12-32-27(35)31-26(33(28(32)36)17-20-8-6-18(2)7-9-20)30-22-10-11-24(19(3)13-22)38-23-14-21(15-29-16-23)25(34)37-4/h6-11,13-16,26,30H,5,12,17H2,1-4H3,(H,31,35). The molecule has 2 heterocycles. The van der Waals surface area contributed by atoms with Crippen LogP contribution < -0.4 is 15.4 Å². The molecule has 0 spiro atoms. The zero-order valence-electron chi connectivity index (χ0n) is 21.9. The Morgan fingerprint density at radius 3 is 2.53 bits per heavy atom. The first-order valence-electron chi connectivity index (χ1n) is 12.3. The van der Waals surface area contributed by atoms with E-state index >= 15 is 0 Å². The summed E-state index contributed by atoms with van der Waals surface area (Å²) in [6.07, 6.45) is 2.82. The number of aromatic nitrogens is 1. The Morgan fingerprint density at radius 1 is 1.08 bits per heavy atom. The molecule has 1 aromatic heterocycles. The van der Waals surface area contributed by atoms with Crippen LogP contribution in [0.4, 0.5) is 15.3 Å². The van der Waals surface area contributed by atoms with Crippen LogP contribution >= 0.6 is 0 Å². The van der Waals surface area contributed by atoms with Crippen molar-refractivity contribution in [3.63, 3.8) is 0 Å². The molecule has 10 heteroatoms. The molecule has 4 rings (SSSR count). The number of pyridine rings is 1. The number of ether oxygens (including phenoxy) is 2. The fraction of sp³-hybridized carbons (Fsp3) is 0.286. The van der Waals surface area contributed by atoms with Crippen molar-refractivity contribution in [2.75, 3.05) is 19.0 Å². The normalized spacial score (nSPS) is 15.2. The summed E-state index contributed by atoms with van der Waals surface area (Å²) in [4.78, 5) is 44.7. The minimum Gasteiger partial charge on any atom is -0.465 e. The number of urea groups is 2. The average Bonchev–Trinajstić information content (AvgIpc) is 2.91. The SMILES string of the molecule is CCCN1C(=O)NC(Nc2ccc(Oc3cncc(C(=O)OC)c3)c(C)c2)N(Cc2ccc(C)cc2)C1=O. The summed E-state index contributed by atoms with van der Waals surface area (Å²) in [6, 6.07) is 14.1. The highest BCUT2D eigenvalue weighted by Crippen LogP contribution is 2.28. The fourth-order valence-electron chi connectivity index (χ4n) is 4.05. The van der Waals surface area contributed by atoms with Gasteiger partial charge in [0.15, 0.2) is 6.29 Å². The van der Waals surface area contributed by atoms with Crippen molar-refractivity contribution in [1.29, 1.82) is 0 Å². The van der Waals surface area contributed by atoms with E-state index in [0.717, 1.165) is 16.7 Å². The second-order valence-corrected chi connectivity index (χ2v) is 9.03. The number of nitrogens with zero attached hydrogens (tertiary/aromatic N) is 3. The maximum atomic E-state index is 13.3. The van der Waals surface area contributed by atoms with E-state index in [-0.39, 0.29) is 11.6 Å². The van der Waals surface area contributed by atoms with E-state index in [4.69, 9.17) is 9.47 Å². The Bertz CT molecular complexity index is 1330. The maximum Gasteiger partial charge on any atom is 0.339 e. The Balaban J connectivity index is 1.53. The molecular formula is C28H31N5O5. The monoisotopic (exact) mass is 517 g/mol. The molecule has 4 amide bonds. The van der Waals surface area contributed by atoms with E-state index in [1.54, 1.807) is 23.1 Å². The number of imide groups is 1. The number of benzene rings is 2. The highest BCUT2D eigenvalue weighted by molar-refractivity contribution is 5.96. The van der Waals surface area contributed by atoms with E-state index in [1.165, 1.54) is 24.4 Å². The molecule has 0 aliphatic carbocycles. The third-order valence-electron chi connectivity index (χ3n) is 6.05. The molecule has 2 N–H and O–H groups in total. The minimum atomic E-state index is -0.753. The fourth-order valence-corrected chi connectivity index (χ4v) is 4.05. The molecule has 10 nitrogen and oxygen atoms in total. The van der Waals surface area contributed by atoms with Crippen molar-refractivity contribution in [1.82, 2.24) is 20.1 Å². The number of aryl methyl sites for hydroxylation is 2. The van der Waals surface area contributed by atoms with Gasteiger partial charge in [-0.25, -0.2) is 19.3 Å². The van der Waals surface area contributed by atoms with Crippen molar-refractivity contribution in [3.8, 4) is 11.5 Å². The lowest BCUT2D eigenvalue weighted by atomic mass is 10.1. The van der Waals surface area contributed by atoms with E-state index in [2.05, 4.69) is 15.6 Å². The molecule has 38 heavy (non-hydrogen) atoms. The van der Waals surface area contributed by atoms with Crippen molar-refractivity contribution >= 4 is 23.7 Å². The maximum absolute atomic E-state index is 13.3. The molecule has 1 unspecified atom stereocenters. The van der Waals surface area contributed by atoms with Crippen LogP contribution in [0.1, 0.15) is 40.4 Å². The number of nitrogens with one attached hydrogen (secondary N) is 2. The van der Waals surface area contributed by atoms with Crippen LogP contribution in [0.25, 0.3) is 0 Å². The molecule has 0 saturated carbocycles. The molecule has 1 atom stereocenters. The number of anilines is 1. The van der Waals surface area contributed by atoms with Gasteiger partial charge in [-0.2, -0.15) is 0 Å². The number of hydrogen-bond donors (Lipinski definition) is 2. The molecule has 1 aliphatic rings. The van der Waals surface area contributed by atoms with Gasteiger partial charge >= 0.3 is 18.0 Å². The van der Waals surface area contributed by atoms with Crippen LogP contribution in [0, 0.1) is 13.8 Å². The van der Waals surface area contributed by atoms with Gasteiger partial charge in [0.25, 0.3) is 0 Å². The van der Waals surface area contributed by atoms with Crippen molar-refractivity contribution < 1.29 is 23.9 Å². The molecular weight excluding hydrogens is 486 g/mol. The third kappa shape index (κ3) is 6.03. The smallest absolute Gasteiger partial charge is 0.339 e. The first-order chi connectivity index (χ1) is 18.3. The molecule has 1 saturated heterocycles. The van der Waals surface area contributed by atoms with Crippen LogP contribution in [0.3, 0.4) is 0 Å². The number of amides is 4. The van der Waals surface area contributed by atoms with Gasteiger partial charge in [0, 0.05) is 18.4 Å². The van der Waals surface area contributed by atoms with E-state index in [0.29, 0.717) is 36.7 Å². The van der Waals surface area contributed by atoms with Crippen LogP contribution in [0.15, 0.2) is 60.9 Å². The molecule has 1 fully saturated rings. The molecule has 198 valence electrons. The van der Waals surface area contributed by atoms with Crippen LogP contribution in [-0.2, 0) is 11.3 Å². The summed E-state index contributed by atoms with van der Waals surface area (Å²) >= 11 is 0. The number of carbonyl (C=O) groups is 3. The number of carbonyl (C=O) groups excluding carboxylic acids is 3. The minimum absolute atomic E-state index is 0.282. The zero-order chi connectivity index (χ0) is 27.2. The Morgan fingerprint density at radius 2 is 1.84 bits per heavy atom. The predicted octanol–water partition coefficient (Wildman–Crippen LogP) is 5.03. The highest BCUT2D eigenvalue weighted by atomic mass is 16.5. The second-order valence-electron chi connectivity index (χ2n) is 9.03. The summed E-state index contributed by atoms with van der Waals surface area (Å²) in [5.74, 6) is 0.451. The molecule has 0 radical (unpaired) electrons. The largest absolute Gasteiger partial charge is 0.465 e. The van der Waals surface area contributed by atoms with Gasteiger partial charge in [-0.1, -0.05) is 36.8 Å². The summed E-state index contributed by atoms with van der Waals surface area (Å²) in [5.41, 5.74) is 3.84. The summed E-state index contributed by atoms with van der Waals surface area (Å²) in [7, 11) is 1.30. The van der Waals surface area contributed by atoms with Crippen molar-refractivity contribution in [2.45, 2.75) is 40.0 Å². The lowest BCUT2D eigenvalue weighted by Crippen LogP contribution is -2.67.